The van der Waals surface area contributed by atoms with Crippen molar-refractivity contribution in [3.63, 3.8) is 0 Å². The van der Waals surface area contributed by atoms with Crippen LogP contribution in [-0.2, 0) is 9.53 Å². The number of alkyl halides is 1. The van der Waals surface area contributed by atoms with Gasteiger partial charge in [0, 0.05) is 5.92 Å². The Hall–Kier alpha value is -0.600. The van der Waals surface area contributed by atoms with Crippen molar-refractivity contribution in [3.05, 3.63) is 0 Å². The fourth-order valence-corrected chi connectivity index (χ4v) is 0.868. The van der Waals surface area contributed by atoms with E-state index in [-0.39, 0.29) is 18.3 Å². The van der Waals surface area contributed by atoms with Crippen LogP contribution in [-0.4, -0.2) is 19.3 Å². The molecule has 0 aromatic carbocycles. The van der Waals surface area contributed by atoms with Gasteiger partial charge in [0.05, 0.1) is 19.7 Å². The van der Waals surface area contributed by atoms with Crippen LogP contribution in [0.5, 0.6) is 0 Å². The van der Waals surface area contributed by atoms with E-state index in [4.69, 9.17) is 0 Å². The molecule has 1 saturated heterocycles. The molecule has 9 heavy (non-hydrogen) atoms. The average molecular weight is 132 g/mol. The van der Waals surface area contributed by atoms with Crippen molar-refractivity contribution in [3.8, 4) is 0 Å². The van der Waals surface area contributed by atoms with Crippen molar-refractivity contribution in [1.82, 2.24) is 0 Å². The predicted molar refractivity (Wildman–Crippen MR) is 29.7 cm³/mol. The zero-order valence-corrected chi connectivity index (χ0v) is 5.10. The van der Waals surface area contributed by atoms with E-state index in [2.05, 4.69) is 4.74 Å². The molecule has 0 aliphatic carbocycles. The maximum Gasteiger partial charge on any atom is 0.306 e. The van der Waals surface area contributed by atoms with Crippen molar-refractivity contribution >= 4 is 5.97 Å². The predicted octanol–water partition coefficient (Wildman–Crippen LogP) is 0.909. The van der Waals surface area contributed by atoms with Crippen LogP contribution in [0.1, 0.15) is 12.8 Å². The molecule has 0 N–H and O–H groups in total. The molecule has 0 unspecified atom stereocenters. The highest BCUT2D eigenvalue weighted by atomic mass is 19.1. The van der Waals surface area contributed by atoms with Gasteiger partial charge in [-0.25, -0.2) is 0 Å². The fraction of sp³-hybridized carbons (Fsp3) is 0.833. The Morgan fingerprint density at radius 2 is 2.56 bits per heavy atom. The molecule has 0 amide bonds. The van der Waals surface area contributed by atoms with Crippen LogP contribution >= 0.6 is 0 Å². The minimum absolute atomic E-state index is 0.0775. The summed E-state index contributed by atoms with van der Waals surface area (Å²) in [4.78, 5) is 10.4. The summed E-state index contributed by atoms with van der Waals surface area (Å²) >= 11 is 0. The second kappa shape index (κ2) is 2.80. The number of halogens is 1. The van der Waals surface area contributed by atoms with E-state index in [0.717, 1.165) is 0 Å². The van der Waals surface area contributed by atoms with Gasteiger partial charge in [-0.1, -0.05) is 0 Å². The summed E-state index contributed by atoms with van der Waals surface area (Å²) < 4.78 is 16.4. The second-order valence-corrected chi connectivity index (χ2v) is 2.23. The van der Waals surface area contributed by atoms with Gasteiger partial charge >= 0.3 is 5.97 Å². The Labute approximate surface area is 53.0 Å². The van der Waals surface area contributed by atoms with E-state index in [1.54, 1.807) is 0 Å². The molecular formula is C6H9FO2. The lowest BCUT2D eigenvalue weighted by atomic mass is 10.0. The third-order valence-electron chi connectivity index (χ3n) is 1.46. The SMILES string of the molecule is O=C1C[C@H](CF)CCO1. The van der Waals surface area contributed by atoms with Crippen LogP contribution in [0.3, 0.4) is 0 Å². The summed E-state index contributed by atoms with van der Waals surface area (Å²) in [5, 5.41) is 0. The van der Waals surface area contributed by atoms with Gasteiger partial charge in [0.15, 0.2) is 0 Å². The fourth-order valence-electron chi connectivity index (χ4n) is 0.868. The van der Waals surface area contributed by atoms with Crippen LogP contribution in [0.25, 0.3) is 0 Å². The standard InChI is InChI=1S/C6H9FO2/c7-4-5-1-2-9-6(8)3-5/h5H,1-4H2/t5-/m1/s1. The Morgan fingerprint density at radius 1 is 1.78 bits per heavy atom. The van der Waals surface area contributed by atoms with E-state index in [1.165, 1.54) is 0 Å². The van der Waals surface area contributed by atoms with Crippen molar-refractivity contribution < 1.29 is 13.9 Å². The summed E-state index contributed by atoms with van der Waals surface area (Å²) in [7, 11) is 0. The average Bonchev–Trinajstić information content (AvgIpc) is 1.88. The Kier molecular flexibility index (Phi) is 2.03. The quantitative estimate of drug-likeness (QED) is 0.496. The van der Waals surface area contributed by atoms with E-state index in [0.29, 0.717) is 13.0 Å². The van der Waals surface area contributed by atoms with Crippen LogP contribution in [0.2, 0.25) is 0 Å². The number of esters is 1. The first-order valence-corrected chi connectivity index (χ1v) is 3.04. The first kappa shape index (κ1) is 6.52. The summed E-state index contributed by atoms with van der Waals surface area (Å²) in [6.45, 7) is 0.00250. The van der Waals surface area contributed by atoms with Gasteiger partial charge in [-0.15, -0.1) is 0 Å². The Balaban J connectivity index is 2.32. The zero-order valence-electron chi connectivity index (χ0n) is 5.10. The van der Waals surface area contributed by atoms with Gasteiger partial charge in [0.2, 0.25) is 0 Å². The molecule has 1 atom stereocenters. The molecule has 1 aliphatic rings. The monoisotopic (exact) mass is 132 g/mol. The molecule has 1 rings (SSSR count). The van der Waals surface area contributed by atoms with Crippen molar-refractivity contribution in [1.29, 1.82) is 0 Å². The number of hydrogen-bond acceptors (Lipinski definition) is 2. The number of hydrogen-bond donors (Lipinski definition) is 0. The largest absolute Gasteiger partial charge is 0.466 e. The highest BCUT2D eigenvalue weighted by Crippen LogP contribution is 2.15. The summed E-state index contributed by atoms with van der Waals surface area (Å²) in [5.41, 5.74) is 0. The third-order valence-corrected chi connectivity index (χ3v) is 1.46. The minimum Gasteiger partial charge on any atom is -0.466 e. The summed E-state index contributed by atoms with van der Waals surface area (Å²) in [6.07, 6.45) is 0.943. The maximum absolute atomic E-state index is 11.8. The van der Waals surface area contributed by atoms with Crippen LogP contribution in [0.4, 0.5) is 4.39 Å². The van der Waals surface area contributed by atoms with Crippen molar-refractivity contribution in [2.45, 2.75) is 12.8 Å². The van der Waals surface area contributed by atoms with E-state index >= 15 is 0 Å². The van der Waals surface area contributed by atoms with Gasteiger partial charge in [-0.3, -0.25) is 9.18 Å². The lowest BCUT2D eigenvalue weighted by Crippen LogP contribution is -2.21. The topological polar surface area (TPSA) is 26.3 Å². The second-order valence-electron chi connectivity index (χ2n) is 2.23. The van der Waals surface area contributed by atoms with E-state index in [9.17, 15) is 9.18 Å². The third kappa shape index (κ3) is 1.66. The van der Waals surface area contributed by atoms with Crippen molar-refractivity contribution in [2.24, 2.45) is 5.92 Å². The lowest BCUT2D eigenvalue weighted by molar-refractivity contribution is -0.149. The van der Waals surface area contributed by atoms with Gasteiger partial charge in [-0.2, -0.15) is 0 Å². The molecule has 0 spiro atoms. The lowest BCUT2D eigenvalue weighted by Gasteiger charge is -2.17. The summed E-state index contributed by atoms with van der Waals surface area (Å²) in [6, 6.07) is 0. The summed E-state index contributed by atoms with van der Waals surface area (Å²) in [5.74, 6) is -0.338. The van der Waals surface area contributed by atoms with Crippen LogP contribution < -0.4 is 0 Å². The van der Waals surface area contributed by atoms with Crippen LogP contribution in [0, 0.1) is 5.92 Å². The molecular weight excluding hydrogens is 123 g/mol. The van der Waals surface area contributed by atoms with Crippen molar-refractivity contribution in [2.75, 3.05) is 13.3 Å². The van der Waals surface area contributed by atoms with Gasteiger partial charge in [0.25, 0.3) is 0 Å². The van der Waals surface area contributed by atoms with Gasteiger partial charge < -0.3 is 4.74 Å². The molecule has 0 saturated carbocycles. The molecule has 0 radical (unpaired) electrons. The minimum atomic E-state index is -0.394. The van der Waals surface area contributed by atoms with Gasteiger partial charge in [0.1, 0.15) is 0 Å². The van der Waals surface area contributed by atoms with Crippen LogP contribution in [0.15, 0.2) is 0 Å². The van der Waals surface area contributed by atoms with Gasteiger partial charge in [-0.05, 0) is 6.42 Å². The number of rotatable bonds is 1. The molecule has 3 heteroatoms. The molecule has 0 bridgehead atoms. The normalized spacial score (nSPS) is 27.7. The zero-order chi connectivity index (χ0) is 6.69. The van der Waals surface area contributed by atoms with E-state index < -0.39 is 6.67 Å². The molecule has 52 valence electrons. The highest BCUT2D eigenvalue weighted by molar-refractivity contribution is 5.70. The Bertz CT molecular complexity index is 114. The first-order valence-electron chi connectivity index (χ1n) is 3.04. The molecule has 2 nitrogen and oxygen atoms in total. The number of cyclic esters (lactones) is 1. The molecule has 0 aromatic rings. The molecule has 1 aliphatic heterocycles. The number of carbonyl (C=O) groups is 1. The molecule has 1 fully saturated rings. The maximum atomic E-state index is 11.8. The highest BCUT2D eigenvalue weighted by Gasteiger charge is 2.19. The number of ether oxygens (including phenoxy) is 1. The smallest absolute Gasteiger partial charge is 0.306 e. The first-order chi connectivity index (χ1) is 4.33. The Morgan fingerprint density at radius 3 is 3.00 bits per heavy atom. The van der Waals surface area contributed by atoms with E-state index in [1.807, 2.05) is 0 Å². The molecule has 1 heterocycles. The number of carbonyl (C=O) groups excluding carboxylic acids is 1. The molecule has 0 aromatic heterocycles.